The Morgan fingerprint density at radius 1 is 1.50 bits per heavy atom. The van der Waals surface area contributed by atoms with E-state index in [0.717, 1.165) is 30.6 Å². The number of halogens is 1. The first kappa shape index (κ1) is 15.8. The zero-order valence-electron chi connectivity index (χ0n) is 11.2. The molecule has 0 spiro atoms. The summed E-state index contributed by atoms with van der Waals surface area (Å²) in [5.41, 5.74) is 0.755. The Bertz CT molecular complexity index is 611. The first-order valence-electron chi connectivity index (χ1n) is 6.21. The predicted octanol–water partition coefficient (Wildman–Crippen LogP) is 2.28. The van der Waals surface area contributed by atoms with E-state index in [0.29, 0.717) is 11.1 Å². The van der Waals surface area contributed by atoms with Gasteiger partial charge < -0.3 is 10.1 Å². The van der Waals surface area contributed by atoms with Gasteiger partial charge in [-0.15, -0.1) is 11.3 Å². The van der Waals surface area contributed by atoms with E-state index in [1.807, 2.05) is 0 Å². The monoisotopic (exact) mass is 337 g/mol. The highest BCUT2D eigenvalue weighted by atomic mass is 35.7. The van der Waals surface area contributed by atoms with Crippen LogP contribution in [0, 0.1) is 6.92 Å². The first-order valence-corrected chi connectivity index (χ1v) is 9.40. The molecule has 2 atom stereocenters. The topological polar surface area (TPSA) is 72.5 Å². The van der Waals surface area contributed by atoms with Crippen molar-refractivity contribution in [3.05, 3.63) is 16.5 Å². The van der Waals surface area contributed by atoms with Gasteiger partial charge in [-0.3, -0.25) is 4.79 Å². The molecule has 1 aromatic rings. The molecule has 0 radical (unpaired) electrons. The summed E-state index contributed by atoms with van der Waals surface area (Å²) in [6.45, 7) is 1.59. The lowest BCUT2D eigenvalue weighted by atomic mass is 10.1. The van der Waals surface area contributed by atoms with E-state index in [1.165, 1.54) is 5.38 Å². The van der Waals surface area contributed by atoms with Crippen LogP contribution in [0.3, 0.4) is 0 Å². The second-order valence-electron chi connectivity index (χ2n) is 4.78. The number of hydrogen-bond donors (Lipinski definition) is 1. The van der Waals surface area contributed by atoms with Crippen LogP contribution in [0.15, 0.2) is 9.59 Å². The average Bonchev–Trinajstić information content (AvgIpc) is 2.94. The number of methoxy groups -OCH3 is 1. The van der Waals surface area contributed by atoms with Crippen LogP contribution in [0.1, 0.15) is 35.2 Å². The minimum absolute atomic E-state index is 0.0223. The van der Waals surface area contributed by atoms with Gasteiger partial charge in [0.25, 0.3) is 15.0 Å². The maximum absolute atomic E-state index is 12.2. The third-order valence-electron chi connectivity index (χ3n) is 3.53. The van der Waals surface area contributed by atoms with E-state index in [1.54, 1.807) is 14.0 Å². The van der Waals surface area contributed by atoms with Gasteiger partial charge in [0.15, 0.2) is 0 Å². The molecule has 2 unspecified atom stereocenters. The molecule has 0 bridgehead atoms. The molecule has 20 heavy (non-hydrogen) atoms. The van der Waals surface area contributed by atoms with Crippen molar-refractivity contribution in [2.45, 2.75) is 42.5 Å². The molecule has 2 rings (SSSR count). The van der Waals surface area contributed by atoms with Crippen molar-refractivity contribution in [1.29, 1.82) is 0 Å². The highest BCUT2D eigenvalue weighted by Crippen LogP contribution is 2.30. The number of nitrogens with one attached hydrogen (secondary N) is 1. The standard InChI is InChI=1S/C12H16ClNO4S2/c1-7-8(6-19-12(7)20(13,16)17)11(15)14-9-4-3-5-10(9)18-2/h6,9-10H,3-5H2,1-2H3,(H,14,15). The first-order chi connectivity index (χ1) is 9.34. The molecule has 0 saturated heterocycles. The highest BCUT2D eigenvalue weighted by molar-refractivity contribution is 8.15. The van der Waals surface area contributed by atoms with Crippen LogP contribution in [0.2, 0.25) is 0 Å². The molecular weight excluding hydrogens is 322 g/mol. The van der Waals surface area contributed by atoms with Gasteiger partial charge in [-0.25, -0.2) is 8.42 Å². The maximum atomic E-state index is 12.2. The smallest absolute Gasteiger partial charge is 0.271 e. The number of thiophene rings is 1. The van der Waals surface area contributed by atoms with Crippen molar-refractivity contribution in [3.63, 3.8) is 0 Å². The second kappa shape index (κ2) is 6.01. The van der Waals surface area contributed by atoms with E-state index in [9.17, 15) is 13.2 Å². The largest absolute Gasteiger partial charge is 0.379 e. The van der Waals surface area contributed by atoms with Gasteiger partial charge in [-0.2, -0.15) is 0 Å². The lowest BCUT2D eigenvalue weighted by Crippen LogP contribution is -2.40. The Hall–Kier alpha value is -0.630. The molecule has 1 amide bonds. The molecule has 1 heterocycles. The lowest BCUT2D eigenvalue weighted by molar-refractivity contribution is 0.0722. The van der Waals surface area contributed by atoms with E-state index in [-0.39, 0.29) is 22.3 Å². The van der Waals surface area contributed by atoms with Crippen molar-refractivity contribution in [2.24, 2.45) is 0 Å². The Morgan fingerprint density at radius 3 is 2.75 bits per heavy atom. The molecule has 8 heteroatoms. The van der Waals surface area contributed by atoms with E-state index in [4.69, 9.17) is 15.4 Å². The molecular formula is C12H16ClNO4S2. The number of hydrogen-bond acceptors (Lipinski definition) is 5. The minimum Gasteiger partial charge on any atom is -0.379 e. The van der Waals surface area contributed by atoms with Crippen molar-refractivity contribution >= 4 is 37.0 Å². The Labute approximate surface area is 126 Å². The normalized spacial score (nSPS) is 22.9. The van der Waals surface area contributed by atoms with Crippen LogP contribution < -0.4 is 5.32 Å². The van der Waals surface area contributed by atoms with Crippen molar-refractivity contribution < 1.29 is 17.9 Å². The number of rotatable bonds is 4. The molecule has 112 valence electrons. The fraction of sp³-hybridized carbons (Fsp3) is 0.583. The summed E-state index contributed by atoms with van der Waals surface area (Å²) in [7, 11) is 3.15. The van der Waals surface area contributed by atoms with Crippen LogP contribution in [0.4, 0.5) is 0 Å². The molecule has 1 saturated carbocycles. The third-order valence-corrected chi connectivity index (χ3v) is 6.84. The van der Waals surface area contributed by atoms with Crippen molar-refractivity contribution in [3.8, 4) is 0 Å². The Kier molecular flexibility index (Phi) is 4.73. The summed E-state index contributed by atoms with van der Waals surface area (Å²) >= 11 is 0.964. The van der Waals surface area contributed by atoms with Gasteiger partial charge in [0, 0.05) is 23.2 Å². The molecule has 1 fully saturated rings. The zero-order chi connectivity index (χ0) is 14.9. The summed E-state index contributed by atoms with van der Waals surface area (Å²) in [4.78, 5) is 12.2. The zero-order valence-corrected chi connectivity index (χ0v) is 13.6. The van der Waals surface area contributed by atoms with Gasteiger partial charge in [0.1, 0.15) is 4.21 Å². The summed E-state index contributed by atoms with van der Waals surface area (Å²) in [5, 5.41) is 4.43. The third kappa shape index (κ3) is 3.16. The second-order valence-corrected chi connectivity index (χ2v) is 8.43. The summed E-state index contributed by atoms with van der Waals surface area (Å²) < 4.78 is 28.1. The van der Waals surface area contributed by atoms with Gasteiger partial charge in [0.2, 0.25) is 0 Å². The highest BCUT2D eigenvalue weighted by Gasteiger charge is 2.30. The van der Waals surface area contributed by atoms with E-state index < -0.39 is 9.05 Å². The van der Waals surface area contributed by atoms with Crippen LogP contribution in [0.5, 0.6) is 0 Å². The summed E-state index contributed by atoms with van der Waals surface area (Å²) in [6, 6.07) is -0.0251. The molecule has 1 aromatic heterocycles. The lowest BCUT2D eigenvalue weighted by Gasteiger charge is -2.19. The molecule has 5 nitrogen and oxygen atoms in total. The molecule has 1 N–H and O–H groups in total. The quantitative estimate of drug-likeness (QED) is 0.855. The number of amides is 1. The number of carbonyl (C=O) groups is 1. The van der Waals surface area contributed by atoms with Crippen LogP contribution >= 0.6 is 22.0 Å². The average molecular weight is 338 g/mol. The van der Waals surface area contributed by atoms with Crippen molar-refractivity contribution in [1.82, 2.24) is 5.32 Å². The van der Waals surface area contributed by atoms with Crippen LogP contribution in [0.25, 0.3) is 0 Å². The Morgan fingerprint density at radius 2 is 2.20 bits per heavy atom. The van der Waals surface area contributed by atoms with E-state index >= 15 is 0 Å². The van der Waals surface area contributed by atoms with Crippen molar-refractivity contribution in [2.75, 3.05) is 7.11 Å². The van der Waals surface area contributed by atoms with Crippen LogP contribution in [-0.2, 0) is 13.8 Å². The minimum atomic E-state index is -3.80. The van der Waals surface area contributed by atoms with Gasteiger partial charge in [-0.05, 0) is 31.7 Å². The summed E-state index contributed by atoms with van der Waals surface area (Å²) in [5.74, 6) is -0.278. The number of carbonyl (C=O) groups excluding carboxylic acids is 1. The fourth-order valence-corrected chi connectivity index (χ4v) is 5.03. The number of ether oxygens (including phenoxy) is 1. The predicted molar refractivity (Wildman–Crippen MR) is 78.0 cm³/mol. The van der Waals surface area contributed by atoms with Gasteiger partial charge in [0.05, 0.1) is 17.7 Å². The molecule has 1 aliphatic rings. The SMILES string of the molecule is COC1CCCC1NC(=O)c1csc(S(=O)(=O)Cl)c1C. The molecule has 0 aromatic carbocycles. The van der Waals surface area contributed by atoms with Gasteiger partial charge in [-0.1, -0.05) is 0 Å². The summed E-state index contributed by atoms with van der Waals surface area (Å²) in [6.07, 6.45) is 2.82. The van der Waals surface area contributed by atoms with E-state index in [2.05, 4.69) is 5.32 Å². The molecule has 1 aliphatic carbocycles. The maximum Gasteiger partial charge on any atom is 0.271 e. The fourth-order valence-electron chi connectivity index (χ4n) is 2.48. The molecule has 0 aliphatic heterocycles. The van der Waals surface area contributed by atoms with Crippen LogP contribution in [-0.4, -0.2) is 33.6 Å². The Balaban J connectivity index is 2.16. The van der Waals surface area contributed by atoms with Gasteiger partial charge >= 0.3 is 0 Å².